The predicted octanol–water partition coefficient (Wildman–Crippen LogP) is 3.83. The molecule has 0 aliphatic rings. The van der Waals surface area contributed by atoms with Gasteiger partial charge in [0.2, 0.25) is 0 Å². The van der Waals surface area contributed by atoms with Gasteiger partial charge in [-0.3, -0.25) is 9.67 Å². The number of H-pyrrole nitrogens is 1. The smallest absolute Gasteiger partial charge is 0.195 e. The van der Waals surface area contributed by atoms with E-state index in [2.05, 4.69) is 59.8 Å². The van der Waals surface area contributed by atoms with Gasteiger partial charge in [-0.15, -0.1) is 0 Å². The molecular weight excluding hydrogens is 242 g/mol. The standard InChI is InChI=1S/C14H19N3S/c1-4-11-5-7-12(8-6-11)13-15-16-14(18)17(13)9-10(2)3/h5-8,10H,4,9H2,1-3H3,(H,16,18). The number of aromatic amines is 1. The third-order valence-electron chi connectivity index (χ3n) is 2.93. The van der Waals surface area contributed by atoms with Gasteiger partial charge in [-0.2, -0.15) is 5.10 Å². The predicted molar refractivity (Wildman–Crippen MR) is 77.1 cm³/mol. The highest BCUT2D eigenvalue weighted by Gasteiger charge is 2.09. The quantitative estimate of drug-likeness (QED) is 0.849. The van der Waals surface area contributed by atoms with Gasteiger partial charge in [0, 0.05) is 12.1 Å². The molecule has 96 valence electrons. The Morgan fingerprint density at radius 1 is 1.28 bits per heavy atom. The lowest BCUT2D eigenvalue weighted by molar-refractivity contribution is 0.521. The number of nitrogens with one attached hydrogen (secondary N) is 1. The van der Waals surface area contributed by atoms with Crippen molar-refractivity contribution in [2.45, 2.75) is 33.7 Å². The first kappa shape index (κ1) is 13.0. The Balaban J connectivity index is 2.40. The second kappa shape index (κ2) is 5.48. The Bertz CT molecular complexity index is 563. The molecule has 4 heteroatoms. The molecule has 0 radical (unpaired) electrons. The van der Waals surface area contributed by atoms with Gasteiger partial charge in [0.25, 0.3) is 0 Å². The second-order valence-electron chi connectivity index (χ2n) is 4.91. The third-order valence-corrected chi connectivity index (χ3v) is 3.24. The van der Waals surface area contributed by atoms with Gasteiger partial charge < -0.3 is 0 Å². The second-order valence-corrected chi connectivity index (χ2v) is 5.29. The Kier molecular flexibility index (Phi) is 3.97. The summed E-state index contributed by atoms with van der Waals surface area (Å²) in [6.07, 6.45) is 1.05. The van der Waals surface area contributed by atoms with E-state index in [0.717, 1.165) is 24.4 Å². The number of rotatable bonds is 4. The lowest BCUT2D eigenvalue weighted by Crippen LogP contribution is -2.06. The molecule has 0 bridgehead atoms. The molecule has 0 amide bonds. The van der Waals surface area contributed by atoms with E-state index in [1.54, 1.807) is 0 Å². The largest absolute Gasteiger partial charge is 0.300 e. The van der Waals surface area contributed by atoms with Crippen LogP contribution in [0.1, 0.15) is 26.3 Å². The highest BCUT2D eigenvalue weighted by molar-refractivity contribution is 7.71. The average molecular weight is 261 g/mol. The molecule has 0 atom stereocenters. The van der Waals surface area contributed by atoms with Crippen molar-refractivity contribution < 1.29 is 0 Å². The van der Waals surface area contributed by atoms with E-state index in [0.29, 0.717) is 10.7 Å². The highest BCUT2D eigenvalue weighted by Crippen LogP contribution is 2.19. The maximum absolute atomic E-state index is 5.28. The maximum Gasteiger partial charge on any atom is 0.195 e. The fourth-order valence-electron chi connectivity index (χ4n) is 1.96. The van der Waals surface area contributed by atoms with Gasteiger partial charge >= 0.3 is 0 Å². The monoisotopic (exact) mass is 261 g/mol. The van der Waals surface area contributed by atoms with Crippen LogP contribution in [0, 0.1) is 10.7 Å². The van der Waals surface area contributed by atoms with Crippen molar-refractivity contribution in [3.8, 4) is 11.4 Å². The minimum absolute atomic E-state index is 0.544. The summed E-state index contributed by atoms with van der Waals surface area (Å²) in [5.74, 6) is 1.47. The van der Waals surface area contributed by atoms with Crippen LogP contribution in [0.15, 0.2) is 24.3 Å². The number of aromatic nitrogens is 3. The van der Waals surface area contributed by atoms with E-state index < -0.39 is 0 Å². The Morgan fingerprint density at radius 3 is 2.50 bits per heavy atom. The van der Waals surface area contributed by atoms with Gasteiger partial charge in [-0.25, -0.2) is 0 Å². The van der Waals surface area contributed by atoms with Crippen LogP contribution in [-0.4, -0.2) is 14.8 Å². The van der Waals surface area contributed by atoms with E-state index in [9.17, 15) is 0 Å². The zero-order valence-electron chi connectivity index (χ0n) is 11.1. The van der Waals surface area contributed by atoms with Crippen molar-refractivity contribution in [3.63, 3.8) is 0 Å². The van der Waals surface area contributed by atoms with Crippen LogP contribution in [0.3, 0.4) is 0 Å². The SMILES string of the molecule is CCc1ccc(-c2n[nH]c(=S)n2CC(C)C)cc1. The Hall–Kier alpha value is -1.42. The molecule has 2 aromatic rings. The summed E-state index contributed by atoms with van der Waals surface area (Å²) in [5.41, 5.74) is 2.45. The normalized spacial score (nSPS) is 11.1. The summed E-state index contributed by atoms with van der Waals surface area (Å²) in [6, 6.07) is 8.51. The zero-order valence-corrected chi connectivity index (χ0v) is 11.9. The van der Waals surface area contributed by atoms with Crippen molar-refractivity contribution in [2.75, 3.05) is 0 Å². The fraction of sp³-hybridized carbons (Fsp3) is 0.429. The average Bonchev–Trinajstić information content (AvgIpc) is 2.71. The maximum atomic E-state index is 5.28. The molecule has 0 saturated heterocycles. The molecule has 0 aliphatic carbocycles. The molecule has 3 nitrogen and oxygen atoms in total. The topological polar surface area (TPSA) is 33.6 Å². The molecule has 0 unspecified atom stereocenters. The number of aryl methyl sites for hydroxylation is 1. The highest BCUT2D eigenvalue weighted by atomic mass is 32.1. The molecular formula is C14H19N3S. The van der Waals surface area contributed by atoms with E-state index in [4.69, 9.17) is 12.2 Å². The van der Waals surface area contributed by atoms with Crippen LogP contribution >= 0.6 is 12.2 Å². The molecule has 0 fully saturated rings. The van der Waals surface area contributed by atoms with E-state index >= 15 is 0 Å². The molecule has 0 spiro atoms. The first-order valence-corrected chi connectivity index (χ1v) is 6.77. The van der Waals surface area contributed by atoms with Crippen LogP contribution in [0.2, 0.25) is 0 Å². The molecule has 0 aliphatic heterocycles. The molecule has 1 N–H and O–H groups in total. The third kappa shape index (κ3) is 2.70. The van der Waals surface area contributed by atoms with Crippen molar-refractivity contribution >= 4 is 12.2 Å². The van der Waals surface area contributed by atoms with Gasteiger partial charge in [-0.05, 0) is 30.1 Å². The van der Waals surface area contributed by atoms with E-state index in [1.807, 2.05) is 0 Å². The number of hydrogen-bond donors (Lipinski definition) is 1. The van der Waals surface area contributed by atoms with E-state index in [1.165, 1.54) is 5.56 Å². The minimum atomic E-state index is 0.544. The van der Waals surface area contributed by atoms with E-state index in [-0.39, 0.29) is 0 Å². The van der Waals surface area contributed by atoms with Crippen LogP contribution < -0.4 is 0 Å². The van der Waals surface area contributed by atoms with Gasteiger partial charge in [0.15, 0.2) is 10.6 Å². The first-order chi connectivity index (χ1) is 8.61. The van der Waals surface area contributed by atoms with Gasteiger partial charge in [-0.1, -0.05) is 45.0 Å². The summed E-state index contributed by atoms with van der Waals surface area (Å²) in [6.45, 7) is 7.40. The number of benzene rings is 1. The van der Waals surface area contributed by atoms with Crippen molar-refractivity contribution in [1.29, 1.82) is 0 Å². The molecule has 1 aromatic heterocycles. The van der Waals surface area contributed by atoms with Gasteiger partial charge in [0.05, 0.1) is 0 Å². The Morgan fingerprint density at radius 2 is 1.94 bits per heavy atom. The van der Waals surface area contributed by atoms with Crippen LogP contribution in [-0.2, 0) is 13.0 Å². The molecule has 1 heterocycles. The minimum Gasteiger partial charge on any atom is -0.300 e. The number of hydrogen-bond acceptors (Lipinski definition) is 2. The van der Waals surface area contributed by atoms with Crippen LogP contribution in [0.25, 0.3) is 11.4 Å². The van der Waals surface area contributed by atoms with Gasteiger partial charge in [0.1, 0.15) is 0 Å². The van der Waals surface area contributed by atoms with Crippen LogP contribution in [0.5, 0.6) is 0 Å². The van der Waals surface area contributed by atoms with Crippen LogP contribution in [0.4, 0.5) is 0 Å². The summed E-state index contributed by atoms with van der Waals surface area (Å²) < 4.78 is 2.76. The van der Waals surface area contributed by atoms with Crippen molar-refractivity contribution in [1.82, 2.24) is 14.8 Å². The summed E-state index contributed by atoms with van der Waals surface area (Å²) >= 11 is 5.28. The van der Waals surface area contributed by atoms with Crippen molar-refractivity contribution in [2.24, 2.45) is 5.92 Å². The molecule has 18 heavy (non-hydrogen) atoms. The summed E-state index contributed by atoms with van der Waals surface area (Å²) in [5, 5.41) is 7.23. The molecule has 0 saturated carbocycles. The molecule has 1 aromatic carbocycles. The lowest BCUT2D eigenvalue weighted by Gasteiger charge is -2.09. The molecule has 2 rings (SSSR count). The summed E-state index contributed by atoms with van der Waals surface area (Å²) in [4.78, 5) is 0. The van der Waals surface area contributed by atoms with Crippen molar-refractivity contribution in [3.05, 3.63) is 34.6 Å². The Labute approximate surface area is 113 Å². The number of nitrogens with zero attached hydrogens (tertiary/aromatic N) is 2. The summed E-state index contributed by atoms with van der Waals surface area (Å²) in [7, 11) is 0. The zero-order chi connectivity index (χ0) is 13.1. The first-order valence-electron chi connectivity index (χ1n) is 6.36. The fourth-order valence-corrected chi connectivity index (χ4v) is 2.17. The lowest BCUT2D eigenvalue weighted by atomic mass is 10.1.